The molecule has 0 aromatic carbocycles. The summed E-state index contributed by atoms with van der Waals surface area (Å²) in [4.78, 5) is 17.3. The van der Waals surface area contributed by atoms with Gasteiger partial charge in [0, 0.05) is 19.3 Å². The van der Waals surface area contributed by atoms with E-state index in [-0.39, 0.29) is 12.0 Å². The van der Waals surface area contributed by atoms with E-state index in [1.54, 1.807) is 11.0 Å². The zero-order valence-electron chi connectivity index (χ0n) is 7.65. The molecule has 1 aliphatic heterocycles. The number of carbonyl (C=O) groups is 1. The molecule has 1 fully saturated rings. The van der Waals surface area contributed by atoms with Gasteiger partial charge in [-0.15, -0.1) is 0 Å². The average molecular weight is 339 g/mol. The normalized spacial score (nSPS) is 16.3. The van der Waals surface area contributed by atoms with E-state index in [1.165, 1.54) is 6.20 Å². The van der Waals surface area contributed by atoms with E-state index in [0.29, 0.717) is 27.4 Å². The highest BCUT2D eigenvalue weighted by atomic mass is 127. The van der Waals surface area contributed by atoms with Crippen LogP contribution in [0.4, 0.5) is 0 Å². The molecule has 0 atom stereocenters. The number of rotatable bonds is 1. The SMILES string of the molecule is O=C(c1ccnc(Cl)c1I)N1CC(O)C1. The summed E-state index contributed by atoms with van der Waals surface area (Å²) >= 11 is 7.81. The second-order valence-corrected chi connectivity index (χ2v) is 4.76. The maximum absolute atomic E-state index is 11.9. The molecule has 0 saturated carbocycles. The highest BCUT2D eigenvalue weighted by Gasteiger charge is 2.30. The van der Waals surface area contributed by atoms with Gasteiger partial charge in [-0.2, -0.15) is 0 Å². The number of β-amino-alcohol motifs (C(OH)–C–C–N with tert-alkyl or cyclic N) is 1. The van der Waals surface area contributed by atoms with Crippen molar-refractivity contribution < 1.29 is 9.90 Å². The number of pyridine rings is 1. The van der Waals surface area contributed by atoms with E-state index in [9.17, 15) is 4.79 Å². The Hall–Kier alpha value is -0.400. The van der Waals surface area contributed by atoms with Gasteiger partial charge in [0.05, 0.1) is 15.2 Å². The number of hydrogen-bond acceptors (Lipinski definition) is 3. The van der Waals surface area contributed by atoms with Crippen molar-refractivity contribution in [3.05, 3.63) is 26.5 Å². The lowest BCUT2D eigenvalue weighted by Crippen LogP contribution is -2.53. The van der Waals surface area contributed by atoms with E-state index in [1.807, 2.05) is 22.6 Å². The Labute approximate surface area is 105 Å². The first-order valence-electron chi connectivity index (χ1n) is 4.37. The summed E-state index contributed by atoms with van der Waals surface area (Å²) in [6, 6.07) is 1.64. The molecule has 0 spiro atoms. The first-order valence-corrected chi connectivity index (χ1v) is 5.82. The Morgan fingerprint density at radius 1 is 1.67 bits per heavy atom. The van der Waals surface area contributed by atoms with Gasteiger partial charge in [0.25, 0.3) is 5.91 Å². The number of carbonyl (C=O) groups excluding carboxylic acids is 1. The van der Waals surface area contributed by atoms with Crippen molar-refractivity contribution in [2.24, 2.45) is 0 Å². The Kier molecular flexibility index (Phi) is 3.13. The van der Waals surface area contributed by atoms with E-state index in [0.717, 1.165) is 0 Å². The minimum absolute atomic E-state index is 0.103. The van der Waals surface area contributed by atoms with Crippen molar-refractivity contribution >= 4 is 40.1 Å². The number of nitrogens with zero attached hydrogens (tertiary/aromatic N) is 2. The molecule has 1 aromatic heterocycles. The molecule has 2 rings (SSSR count). The second kappa shape index (κ2) is 4.23. The molecule has 6 heteroatoms. The molecule has 1 amide bonds. The highest BCUT2D eigenvalue weighted by molar-refractivity contribution is 14.1. The third kappa shape index (κ3) is 2.09. The van der Waals surface area contributed by atoms with Crippen LogP contribution < -0.4 is 0 Å². The summed E-state index contributed by atoms with van der Waals surface area (Å²) in [5.74, 6) is -0.103. The standard InChI is InChI=1S/C9H8ClIN2O2/c10-8-7(11)6(1-2-12-8)9(15)13-3-5(14)4-13/h1-2,5,14H,3-4H2. The summed E-state index contributed by atoms with van der Waals surface area (Å²) in [5.41, 5.74) is 0.544. The predicted octanol–water partition coefficient (Wildman–Crippen LogP) is 1.16. The maximum Gasteiger partial charge on any atom is 0.255 e. The van der Waals surface area contributed by atoms with E-state index >= 15 is 0 Å². The van der Waals surface area contributed by atoms with Gasteiger partial charge in [-0.05, 0) is 28.7 Å². The topological polar surface area (TPSA) is 53.4 Å². The molecule has 0 unspecified atom stereocenters. The van der Waals surface area contributed by atoms with Crippen LogP contribution in [-0.4, -0.2) is 40.1 Å². The average Bonchev–Trinajstić information content (AvgIpc) is 2.16. The van der Waals surface area contributed by atoms with Gasteiger partial charge in [-0.3, -0.25) is 4.79 Å². The van der Waals surface area contributed by atoms with Crippen molar-refractivity contribution in [2.45, 2.75) is 6.10 Å². The molecule has 1 N–H and O–H groups in total. The Morgan fingerprint density at radius 2 is 2.33 bits per heavy atom. The van der Waals surface area contributed by atoms with Gasteiger partial charge in [-0.1, -0.05) is 11.6 Å². The van der Waals surface area contributed by atoms with Crippen LogP contribution >= 0.6 is 34.2 Å². The first-order chi connectivity index (χ1) is 7.09. The first kappa shape index (κ1) is 11.1. The summed E-state index contributed by atoms with van der Waals surface area (Å²) in [6.07, 6.45) is 1.12. The number of halogens is 2. The maximum atomic E-state index is 11.9. The summed E-state index contributed by atoms with van der Waals surface area (Å²) in [7, 11) is 0. The largest absolute Gasteiger partial charge is 0.389 e. The van der Waals surface area contributed by atoms with Crippen LogP contribution in [0.2, 0.25) is 5.15 Å². The molecule has 0 radical (unpaired) electrons. The molecular weight excluding hydrogens is 330 g/mol. The molecule has 4 nitrogen and oxygen atoms in total. The molecule has 15 heavy (non-hydrogen) atoms. The minimum atomic E-state index is -0.385. The van der Waals surface area contributed by atoms with Crippen LogP contribution in [-0.2, 0) is 0 Å². The molecule has 1 aromatic rings. The molecule has 80 valence electrons. The molecule has 2 heterocycles. The quantitative estimate of drug-likeness (QED) is 0.617. The van der Waals surface area contributed by atoms with Crippen LogP contribution in [0.3, 0.4) is 0 Å². The van der Waals surface area contributed by atoms with Gasteiger partial charge in [0.2, 0.25) is 0 Å². The lowest BCUT2D eigenvalue weighted by Gasteiger charge is -2.36. The lowest BCUT2D eigenvalue weighted by atomic mass is 10.1. The van der Waals surface area contributed by atoms with Crippen molar-refractivity contribution in [1.29, 1.82) is 0 Å². The Morgan fingerprint density at radius 3 is 2.93 bits per heavy atom. The molecule has 1 saturated heterocycles. The number of aliphatic hydroxyl groups excluding tert-OH is 1. The number of amides is 1. The Bertz CT molecular complexity index is 407. The van der Waals surface area contributed by atoms with Gasteiger partial charge in [0.1, 0.15) is 5.15 Å². The van der Waals surface area contributed by atoms with Crippen LogP contribution in [0.25, 0.3) is 0 Å². The van der Waals surface area contributed by atoms with Crippen molar-refractivity contribution in [3.63, 3.8) is 0 Å². The summed E-state index contributed by atoms with van der Waals surface area (Å²) in [6.45, 7) is 0.795. The zero-order chi connectivity index (χ0) is 11.0. The predicted molar refractivity (Wildman–Crippen MR) is 63.9 cm³/mol. The molecular formula is C9H8ClIN2O2. The summed E-state index contributed by atoms with van der Waals surface area (Å²) < 4.78 is 0.656. The molecule has 1 aliphatic rings. The van der Waals surface area contributed by atoms with Crippen molar-refractivity contribution in [3.8, 4) is 0 Å². The third-order valence-corrected chi connectivity index (χ3v) is 3.92. The van der Waals surface area contributed by atoms with Crippen LogP contribution in [0.1, 0.15) is 10.4 Å². The van der Waals surface area contributed by atoms with Crippen LogP contribution in [0.15, 0.2) is 12.3 Å². The fourth-order valence-corrected chi connectivity index (χ4v) is 2.08. The molecule has 0 aliphatic carbocycles. The van der Waals surface area contributed by atoms with E-state index < -0.39 is 0 Å². The smallest absolute Gasteiger partial charge is 0.255 e. The van der Waals surface area contributed by atoms with Gasteiger partial charge in [0.15, 0.2) is 0 Å². The van der Waals surface area contributed by atoms with E-state index in [2.05, 4.69) is 4.98 Å². The van der Waals surface area contributed by atoms with Crippen molar-refractivity contribution in [2.75, 3.05) is 13.1 Å². The number of likely N-dealkylation sites (tertiary alicyclic amines) is 1. The molecule has 0 bridgehead atoms. The van der Waals surface area contributed by atoms with Gasteiger partial charge < -0.3 is 10.0 Å². The van der Waals surface area contributed by atoms with Gasteiger partial charge in [-0.25, -0.2) is 4.98 Å². The van der Waals surface area contributed by atoms with E-state index in [4.69, 9.17) is 16.7 Å². The fraction of sp³-hybridized carbons (Fsp3) is 0.333. The zero-order valence-corrected chi connectivity index (χ0v) is 10.6. The minimum Gasteiger partial charge on any atom is -0.389 e. The number of aromatic nitrogens is 1. The second-order valence-electron chi connectivity index (χ2n) is 3.33. The van der Waals surface area contributed by atoms with Gasteiger partial charge >= 0.3 is 0 Å². The van der Waals surface area contributed by atoms with Crippen LogP contribution in [0.5, 0.6) is 0 Å². The van der Waals surface area contributed by atoms with Crippen LogP contribution in [0, 0.1) is 3.57 Å². The fourth-order valence-electron chi connectivity index (χ4n) is 1.37. The Balaban J connectivity index is 2.22. The number of aliphatic hydroxyl groups is 1. The highest BCUT2D eigenvalue weighted by Crippen LogP contribution is 2.22. The lowest BCUT2D eigenvalue weighted by molar-refractivity contribution is 0.00581. The summed E-state index contributed by atoms with van der Waals surface area (Å²) in [5, 5.41) is 9.44. The van der Waals surface area contributed by atoms with Crippen molar-refractivity contribution in [1.82, 2.24) is 9.88 Å². The third-order valence-electron chi connectivity index (χ3n) is 2.23. The monoisotopic (exact) mass is 338 g/mol. The number of hydrogen-bond donors (Lipinski definition) is 1.